The molecule has 3 nitrogen and oxygen atoms in total. The topological polar surface area (TPSA) is 42.0 Å². The Morgan fingerprint density at radius 3 is 3.30 bits per heavy atom. The van der Waals surface area contributed by atoms with Crippen LogP contribution in [0.5, 0.6) is 0 Å². The van der Waals surface area contributed by atoms with Gasteiger partial charge in [-0.15, -0.1) is 0 Å². The van der Waals surface area contributed by atoms with Gasteiger partial charge in [-0.2, -0.15) is 0 Å². The van der Waals surface area contributed by atoms with Gasteiger partial charge in [0.1, 0.15) is 0 Å². The molecular formula is C7H10N2O. The molecule has 0 saturated heterocycles. The van der Waals surface area contributed by atoms with Gasteiger partial charge in [0.15, 0.2) is 0 Å². The lowest BCUT2D eigenvalue weighted by Crippen LogP contribution is -2.09. The van der Waals surface area contributed by atoms with Gasteiger partial charge in [0.25, 0.3) is 0 Å². The van der Waals surface area contributed by atoms with Crippen LogP contribution < -0.4 is 5.32 Å². The van der Waals surface area contributed by atoms with E-state index in [2.05, 4.69) is 10.3 Å². The molecule has 0 radical (unpaired) electrons. The van der Waals surface area contributed by atoms with Crippen LogP contribution in [0, 0.1) is 0 Å². The molecule has 0 unspecified atom stereocenters. The molecule has 0 fully saturated rings. The summed E-state index contributed by atoms with van der Waals surface area (Å²) in [6.07, 6.45) is 4.09. The number of nitrogens with zero attached hydrogens (tertiary/aromatic N) is 1. The monoisotopic (exact) mass is 138 g/mol. The Balaban J connectivity index is 0.000001000. The van der Waals surface area contributed by atoms with E-state index in [1.165, 1.54) is 0 Å². The maximum absolute atomic E-state index is 9.85. The van der Waals surface area contributed by atoms with E-state index in [-0.39, 0.29) is 1.43 Å². The summed E-state index contributed by atoms with van der Waals surface area (Å²) >= 11 is 0. The third kappa shape index (κ3) is 1.85. The van der Waals surface area contributed by atoms with E-state index in [0.29, 0.717) is 13.0 Å². The molecule has 0 spiro atoms. The highest BCUT2D eigenvalue weighted by Crippen LogP contribution is 1.92. The minimum Gasteiger partial charge on any atom is -0.355 e. The van der Waals surface area contributed by atoms with Gasteiger partial charge >= 0.3 is 0 Å². The van der Waals surface area contributed by atoms with Gasteiger partial charge in [-0.1, -0.05) is 6.07 Å². The first-order valence-electron chi connectivity index (χ1n) is 2.99. The molecule has 1 N–H and O–H groups in total. The number of pyridine rings is 1. The summed E-state index contributed by atoms with van der Waals surface area (Å²) in [5, 5.41) is 2.54. The number of rotatable bonds is 3. The highest BCUT2D eigenvalue weighted by molar-refractivity contribution is 5.46. The number of nitrogens with one attached hydrogen (secondary N) is 1. The fourth-order valence-electron chi connectivity index (χ4n) is 0.662. The molecule has 0 saturated carbocycles. The predicted molar refractivity (Wildman–Crippen MR) is 39.3 cm³/mol. The van der Waals surface area contributed by atoms with Crippen molar-refractivity contribution in [2.45, 2.75) is 6.54 Å². The second kappa shape index (κ2) is 3.61. The number of carbonyl (C=O) groups excluding carboxylic acids is 1. The van der Waals surface area contributed by atoms with Crippen LogP contribution in [-0.4, -0.2) is 11.4 Å². The SMILES string of the molecule is O=CNCc1cccnc1.[HH]. The first kappa shape index (κ1) is 6.74. The van der Waals surface area contributed by atoms with Gasteiger partial charge in [0.2, 0.25) is 6.41 Å². The molecule has 0 aliphatic carbocycles. The highest BCUT2D eigenvalue weighted by atomic mass is 16.1. The molecule has 1 aromatic rings. The van der Waals surface area contributed by atoms with Crippen LogP contribution in [-0.2, 0) is 11.3 Å². The maximum atomic E-state index is 9.85. The molecule has 0 bridgehead atoms. The molecule has 1 rings (SSSR count). The summed E-state index contributed by atoms with van der Waals surface area (Å²) in [7, 11) is 0. The fraction of sp³-hybridized carbons (Fsp3) is 0.143. The molecule has 54 valence electrons. The van der Waals surface area contributed by atoms with Gasteiger partial charge in [-0.05, 0) is 11.6 Å². The normalized spacial score (nSPS) is 8.80. The summed E-state index contributed by atoms with van der Waals surface area (Å²) in [5.41, 5.74) is 1.01. The van der Waals surface area contributed by atoms with E-state index in [1.807, 2.05) is 12.1 Å². The van der Waals surface area contributed by atoms with E-state index >= 15 is 0 Å². The Hall–Kier alpha value is -1.38. The molecule has 1 heterocycles. The Kier molecular flexibility index (Phi) is 2.43. The van der Waals surface area contributed by atoms with Crippen molar-refractivity contribution in [1.82, 2.24) is 10.3 Å². The number of hydrogen-bond donors (Lipinski definition) is 1. The van der Waals surface area contributed by atoms with Crippen molar-refractivity contribution in [3.63, 3.8) is 0 Å². The van der Waals surface area contributed by atoms with Crippen molar-refractivity contribution in [2.24, 2.45) is 0 Å². The van der Waals surface area contributed by atoms with Crippen LogP contribution in [0.25, 0.3) is 0 Å². The van der Waals surface area contributed by atoms with Crippen LogP contribution in [0.1, 0.15) is 6.99 Å². The first-order valence-corrected chi connectivity index (χ1v) is 2.99. The Morgan fingerprint density at radius 2 is 2.70 bits per heavy atom. The van der Waals surface area contributed by atoms with E-state index in [9.17, 15) is 4.79 Å². The Labute approximate surface area is 60.6 Å². The van der Waals surface area contributed by atoms with E-state index in [4.69, 9.17) is 0 Å². The average molecular weight is 138 g/mol. The first-order chi connectivity index (χ1) is 4.93. The Bertz CT molecular complexity index is 203. The number of carbonyl (C=O) groups is 1. The van der Waals surface area contributed by atoms with Crippen molar-refractivity contribution in [3.05, 3.63) is 30.1 Å². The maximum Gasteiger partial charge on any atom is 0.207 e. The van der Waals surface area contributed by atoms with Gasteiger partial charge in [-0.25, -0.2) is 0 Å². The zero-order valence-electron chi connectivity index (χ0n) is 5.45. The van der Waals surface area contributed by atoms with Crippen LogP contribution >= 0.6 is 0 Å². The molecule has 1 amide bonds. The zero-order chi connectivity index (χ0) is 7.23. The summed E-state index contributed by atoms with van der Waals surface area (Å²) in [5.74, 6) is 0. The standard InChI is InChI=1S/C7H8N2O.H2/c10-6-9-5-7-2-1-3-8-4-7;/h1-4,6H,5H2,(H,9,10);1H. The van der Waals surface area contributed by atoms with Gasteiger partial charge < -0.3 is 5.32 Å². The van der Waals surface area contributed by atoms with Crippen molar-refractivity contribution >= 4 is 6.41 Å². The molecule has 3 heteroatoms. The predicted octanol–water partition coefficient (Wildman–Crippen LogP) is 0.574. The van der Waals surface area contributed by atoms with Crippen LogP contribution in [0.4, 0.5) is 0 Å². The molecule has 0 aliphatic rings. The van der Waals surface area contributed by atoms with Gasteiger partial charge in [-0.3, -0.25) is 9.78 Å². The third-order valence-corrected chi connectivity index (χ3v) is 1.11. The fourth-order valence-corrected chi connectivity index (χ4v) is 0.662. The second-order valence-electron chi connectivity index (χ2n) is 1.86. The molecule has 10 heavy (non-hydrogen) atoms. The summed E-state index contributed by atoms with van der Waals surface area (Å²) < 4.78 is 0. The van der Waals surface area contributed by atoms with Crippen molar-refractivity contribution in [1.29, 1.82) is 0 Å². The minimum atomic E-state index is 0. The van der Waals surface area contributed by atoms with Crippen molar-refractivity contribution in [2.75, 3.05) is 0 Å². The molecule has 0 atom stereocenters. The van der Waals surface area contributed by atoms with Crippen molar-refractivity contribution < 1.29 is 6.22 Å². The lowest BCUT2D eigenvalue weighted by atomic mass is 10.3. The average Bonchev–Trinajstić information content (AvgIpc) is 2.03. The van der Waals surface area contributed by atoms with Crippen LogP contribution in [0.2, 0.25) is 0 Å². The largest absolute Gasteiger partial charge is 0.355 e. The summed E-state index contributed by atoms with van der Waals surface area (Å²) in [4.78, 5) is 13.7. The smallest absolute Gasteiger partial charge is 0.207 e. The highest BCUT2D eigenvalue weighted by Gasteiger charge is 1.86. The van der Waals surface area contributed by atoms with Crippen LogP contribution in [0.3, 0.4) is 0 Å². The minimum absolute atomic E-state index is 0. The van der Waals surface area contributed by atoms with Crippen LogP contribution in [0.15, 0.2) is 24.5 Å². The second-order valence-corrected chi connectivity index (χ2v) is 1.86. The van der Waals surface area contributed by atoms with E-state index in [0.717, 1.165) is 5.56 Å². The van der Waals surface area contributed by atoms with Gasteiger partial charge in [0.05, 0.1) is 0 Å². The molecule has 0 aromatic carbocycles. The lowest BCUT2D eigenvalue weighted by molar-refractivity contribution is -0.109. The number of hydrogen-bond acceptors (Lipinski definition) is 2. The van der Waals surface area contributed by atoms with E-state index < -0.39 is 0 Å². The quantitative estimate of drug-likeness (QED) is 0.620. The molecule has 1 aromatic heterocycles. The zero-order valence-corrected chi connectivity index (χ0v) is 5.45. The van der Waals surface area contributed by atoms with E-state index in [1.54, 1.807) is 12.4 Å². The third-order valence-electron chi connectivity index (χ3n) is 1.11. The molecule has 0 aliphatic heterocycles. The lowest BCUT2D eigenvalue weighted by Gasteiger charge is -1.95. The summed E-state index contributed by atoms with van der Waals surface area (Å²) in [6, 6.07) is 3.74. The summed E-state index contributed by atoms with van der Waals surface area (Å²) in [6.45, 7) is 0.553. The Morgan fingerprint density at radius 1 is 1.80 bits per heavy atom. The number of amides is 1. The number of aromatic nitrogens is 1. The van der Waals surface area contributed by atoms with Crippen molar-refractivity contribution in [3.8, 4) is 0 Å². The van der Waals surface area contributed by atoms with Gasteiger partial charge in [0, 0.05) is 20.4 Å². The molecular weight excluding hydrogens is 128 g/mol.